The van der Waals surface area contributed by atoms with Gasteiger partial charge in [-0.2, -0.15) is 4.98 Å². The van der Waals surface area contributed by atoms with E-state index in [0.717, 1.165) is 17.7 Å². The number of ether oxygens (including phenoxy) is 2. The van der Waals surface area contributed by atoms with Crippen LogP contribution in [0.1, 0.15) is 24.7 Å². The molecule has 3 aromatic rings. The van der Waals surface area contributed by atoms with Gasteiger partial charge in [0.2, 0.25) is 5.88 Å². The summed E-state index contributed by atoms with van der Waals surface area (Å²) in [7, 11) is 1.57. The van der Waals surface area contributed by atoms with Crippen LogP contribution in [-0.4, -0.2) is 29.7 Å². The Hall–Kier alpha value is -3.81. The third-order valence-corrected chi connectivity index (χ3v) is 4.29. The molecular formula is C23H27N5O3. The molecule has 1 heterocycles. The molecule has 0 fully saturated rings. The summed E-state index contributed by atoms with van der Waals surface area (Å²) in [6.07, 6.45) is 0.907. The lowest BCUT2D eigenvalue weighted by molar-refractivity contribution is 0.262. The second-order valence-corrected chi connectivity index (χ2v) is 6.97. The summed E-state index contributed by atoms with van der Waals surface area (Å²) >= 11 is 0. The lowest BCUT2D eigenvalue weighted by Crippen LogP contribution is -2.19. The second-order valence-electron chi connectivity index (χ2n) is 6.97. The van der Waals surface area contributed by atoms with E-state index in [2.05, 4.69) is 25.9 Å². The number of hydrogen-bond donors (Lipinski definition) is 3. The van der Waals surface area contributed by atoms with Crippen molar-refractivity contribution in [1.82, 2.24) is 9.97 Å². The number of aromatic nitrogens is 2. The average molecular weight is 422 g/mol. The molecule has 0 saturated carbocycles. The van der Waals surface area contributed by atoms with Crippen LogP contribution in [0.5, 0.6) is 11.6 Å². The van der Waals surface area contributed by atoms with Crippen LogP contribution in [0.15, 0.2) is 48.5 Å². The van der Waals surface area contributed by atoms with Crippen molar-refractivity contribution in [1.29, 1.82) is 0 Å². The summed E-state index contributed by atoms with van der Waals surface area (Å²) in [4.78, 5) is 21.0. The maximum atomic E-state index is 12.4. The summed E-state index contributed by atoms with van der Waals surface area (Å²) in [6, 6.07) is 14.3. The molecule has 0 spiro atoms. The van der Waals surface area contributed by atoms with Crippen LogP contribution in [0.3, 0.4) is 0 Å². The summed E-state index contributed by atoms with van der Waals surface area (Å²) in [6.45, 7) is 6.42. The van der Waals surface area contributed by atoms with Crippen LogP contribution in [0, 0.1) is 13.8 Å². The van der Waals surface area contributed by atoms with Crippen molar-refractivity contribution in [3.05, 3.63) is 59.9 Å². The van der Waals surface area contributed by atoms with E-state index in [4.69, 9.17) is 9.47 Å². The molecule has 162 valence electrons. The highest BCUT2D eigenvalue weighted by Gasteiger charge is 2.09. The van der Waals surface area contributed by atoms with Gasteiger partial charge in [0.05, 0.1) is 19.4 Å². The van der Waals surface area contributed by atoms with E-state index in [0.29, 0.717) is 41.3 Å². The van der Waals surface area contributed by atoms with E-state index in [-0.39, 0.29) is 6.03 Å². The van der Waals surface area contributed by atoms with E-state index < -0.39 is 0 Å². The van der Waals surface area contributed by atoms with E-state index in [9.17, 15) is 4.79 Å². The van der Waals surface area contributed by atoms with Crippen molar-refractivity contribution < 1.29 is 14.3 Å². The number of aryl methyl sites for hydroxylation is 2. The second kappa shape index (κ2) is 10.3. The minimum absolute atomic E-state index is 0.353. The Bertz CT molecular complexity index is 1040. The molecule has 0 aliphatic heterocycles. The Morgan fingerprint density at radius 3 is 2.42 bits per heavy atom. The van der Waals surface area contributed by atoms with Gasteiger partial charge in [-0.25, -0.2) is 9.78 Å². The molecule has 0 atom stereocenters. The number of nitrogens with one attached hydrogen (secondary N) is 3. The van der Waals surface area contributed by atoms with Crippen LogP contribution in [0.4, 0.5) is 27.7 Å². The van der Waals surface area contributed by atoms with Crippen LogP contribution in [-0.2, 0) is 0 Å². The van der Waals surface area contributed by atoms with Crippen LogP contribution in [0.2, 0.25) is 0 Å². The maximum absolute atomic E-state index is 12.4. The monoisotopic (exact) mass is 421 g/mol. The summed E-state index contributed by atoms with van der Waals surface area (Å²) in [5.74, 6) is 2.40. The SMILES string of the molecule is CCCOc1cc(Nc2ccc(NC(=O)Nc3cc(C)ccc3OC)cc2)nc(C)n1. The minimum atomic E-state index is -0.353. The summed E-state index contributed by atoms with van der Waals surface area (Å²) in [5.41, 5.74) is 3.11. The van der Waals surface area contributed by atoms with Gasteiger partial charge in [0.25, 0.3) is 0 Å². The number of amides is 2. The van der Waals surface area contributed by atoms with E-state index in [1.54, 1.807) is 25.3 Å². The zero-order chi connectivity index (χ0) is 22.2. The van der Waals surface area contributed by atoms with Gasteiger partial charge in [-0.3, -0.25) is 0 Å². The smallest absolute Gasteiger partial charge is 0.323 e. The third kappa shape index (κ3) is 6.33. The fourth-order valence-electron chi connectivity index (χ4n) is 2.87. The first-order valence-electron chi connectivity index (χ1n) is 10.0. The molecule has 8 heteroatoms. The van der Waals surface area contributed by atoms with Crippen molar-refractivity contribution in [3.8, 4) is 11.6 Å². The van der Waals surface area contributed by atoms with E-state index in [1.165, 1.54) is 0 Å². The first-order chi connectivity index (χ1) is 15.0. The highest BCUT2D eigenvalue weighted by Crippen LogP contribution is 2.26. The Morgan fingerprint density at radius 1 is 0.968 bits per heavy atom. The molecule has 3 rings (SSSR count). The zero-order valence-electron chi connectivity index (χ0n) is 18.2. The quantitative estimate of drug-likeness (QED) is 0.458. The highest BCUT2D eigenvalue weighted by atomic mass is 16.5. The lowest BCUT2D eigenvalue weighted by atomic mass is 10.2. The zero-order valence-corrected chi connectivity index (χ0v) is 18.2. The number of methoxy groups -OCH3 is 1. The first-order valence-corrected chi connectivity index (χ1v) is 10.0. The summed E-state index contributed by atoms with van der Waals surface area (Å²) in [5, 5.41) is 8.85. The molecule has 31 heavy (non-hydrogen) atoms. The Balaban J connectivity index is 1.62. The molecule has 8 nitrogen and oxygen atoms in total. The van der Waals surface area contributed by atoms with Crippen molar-refractivity contribution >= 4 is 28.9 Å². The number of nitrogens with zero attached hydrogens (tertiary/aromatic N) is 2. The topological polar surface area (TPSA) is 97.4 Å². The van der Waals surface area contributed by atoms with Gasteiger partial charge in [0, 0.05) is 17.4 Å². The normalized spacial score (nSPS) is 10.3. The van der Waals surface area contributed by atoms with Gasteiger partial charge in [-0.1, -0.05) is 13.0 Å². The highest BCUT2D eigenvalue weighted by molar-refractivity contribution is 6.00. The number of hydrogen-bond acceptors (Lipinski definition) is 6. The van der Waals surface area contributed by atoms with Crippen molar-refractivity contribution in [2.75, 3.05) is 29.7 Å². The number of carbonyl (C=O) groups excluding carboxylic acids is 1. The Kier molecular flexibility index (Phi) is 7.26. The lowest BCUT2D eigenvalue weighted by Gasteiger charge is -2.13. The fourth-order valence-corrected chi connectivity index (χ4v) is 2.87. The molecule has 2 amide bonds. The molecule has 0 bridgehead atoms. The van der Waals surface area contributed by atoms with Crippen molar-refractivity contribution in [3.63, 3.8) is 0 Å². The fraction of sp³-hybridized carbons (Fsp3) is 0.261. The van der Waals surface area contributed by atoms with Crippen LogP contribution >= 0.6 is 0 Å². The van der Waals surface area contributed by atoms with Crippen molar-refractivity contribution in [2.45, 2.75) is 27.2 Å². The first kappa shape index (κ1) is 21.9. The van der Waals surface area contributed by atoms with Gasteiger partial charge in [-0.05, 0) is 62.2 Å². The van der Waals surface area contributed by atoms with E-state index in [1.807, 2.05) is 51.1 Å². The van der Waals surface area contributed by atoms with Gasteiger partial charge in [-0.15, -0.1) is 0 Å². The minimum Gasteiger partial charge on any atom is -0.495 e. The molecule has 0 aliphatic rings. The predicted octanol–water partition coefficient (Wildman–Crippen LogP) is 5.28. The third-order valence-electron chi connectivity index (χ3n) is 4.29. The van der Waals surface area contributed by atoms with E-state index >= 15 is 0 Å². The largest absolute Gasteiger partial charge is 0.495 e. The average Bonchev–Trinajstić information content (AvgIpc) is 2.73. The predicted molar refractivity (Wildman–Crippen MR) is 123 cm³/mol. The molecule has 0 saturated heterocycles. The van der Waals surface area contributed by atoms with Gasteiger partial charge >= 0.3 is 6.03 Å². The van der Waals surface area contributed by atoms with Gasteiger partial charge in [0.15, 0.2) is 0 Å². The number of carbonyl (C=O) groups is 1. The maximum Gasteiger partial charge on any atom is 0.323 e. The molecular weight excluding hydrogens is 394 g/mol. The molecule has 0 aliphatic carbocycles. The van der Waals surface area contributed by atoms with Crippen LogP contribution in [0.25, 0.3) is 0 Å². The number of rotatable bonds is 8. The van der Waals surface area contributed by atoms with Gasteiger partial charge < -0.3 is 25.4 Å². The molecule has 1 aromatic heterocycles. The molecule has 3 N–H and O–H groups in total. The van der Waals surface area contributed by atoms with Gasteiger partial charge in [0.1, 0.15) is 17.4 Å². The number of anilines is 4. The van der Waals surface area contributed by atoms with Crippen LogP contribution < -0.4 is 25.4 Å². The molecule has 0 radical (unpaired) electrons. The molecule has 0 unspecified atom stereocenters. The Morgan fingerprint density at radius 2 is 1.71 bits per heavy atom. The standard InChI is InChI=1S/C23H27N5O3/c1-5-12-31-22-14-21(24-16(3)25-22)26-17-7-9-18(10-8-17)27-23(29)28-19-13-15(2)6-11-20(19)30-4/h6-11,13-14H,5,12H2,1-4H3,(H,24,25,26)(H2,27,28,29). The molecule has 2 aromatic carbocycles. The number of benzene rings is 2. The summed E-state index contributed by atoms with van der Waals surface area (Å²) < 4.78 is 10.9. The Labute approximate surface area is 182 Å². The van der Waals surface area contributed by atoms with Crippen molar-refractivity contribution in [2.24, 2.45) is 0 Å². The number of urea groups is 1.